The van der Waals surface area contributed by atoms with Gasteiger partial charge in [-0.3, -0.25) is 39.9 Å². The molecule has 5 aliphatic heterocycles. The number of benzene rings is 10. The SMILES string of the molecule is CC(=O)C[C@@H]1N=C(c2ccc(C3(O)CC3)cc2)c2ccccc2-c2c(C)noc21.CCOC(=O)NC1N=C(c2ccc(Cl)cc2)c2ccccc2-c2c(C)noc21.Cc1noc2c1-c1ccc(Cl)cc1C(c1ccc(F)cc1)=N[C@H]2C.Cc1noc2c1-c1ccccc1C(c1ccc(Cl)cc1)=N[C@H]2CC(C)(C)C.[C-]#[N+]c1ccc2c(c1)C(c1ccc(Cl)cc1)=N[C@@H](CC(C)=O)c1onc(C)c1-2. The smallest absolute Gasteiger partial charge is 0.409 e. The second-order valence-electron chi connectivity index (χ2n) is 35.3. The molecule has 0 radical (unpaired) electrons. The molecule has 1 amide bonds. The minimum atomic E-state index is -0.770. The van der Waals surface area contributed by atoms with Gasteiger partial charge < -0.3 is 32.5 Å². The minimum absolute atomic E-state index is 0.0111. The van der Waals surface area contributed by atoms with Gasteiger partial charge >= 0.3 is 6.09 Å². The predicted molar refractivity (Wildman–Crippen MR) is 527 cm³/mol. The fourth-order valence-electron chi connectivity index (χ4n) is 17.7. The summed E-state index contributed by atoms with van der Waals surface area (Å²) in [4.78, 5) is 64.3. The summed E-state index contributed by atoms with van der Waals surface area (Å²) in [6.45, 7) is 30.7. The largest absolute Gasteiger partial charge is 0.450 e. The first-order chi connectivity index (χ1) is 65.4. The van der Waals surface area contributed by atoms with Gasteiger partial charge in [-0.15, -0.1) is 0 Å². The number of alkyl carbamates (subject to hydrolysis) is 1. The highest BCUT2D eigenvalue weighted by Crippen LogP contribution is 2.50. The average molecular weight is 1890 g/mol. The standard InChI is InChI=1S/C24H22N2O3.C23H23ClN2O.C22H16ClN3O2.C21H18ClN3O3.C19H14ClFN2O/c1-14(27)13-20-23-21(15(2)26-29-23)18-5-3-4-6-19(18)22(25-20)16-7-9-17(10-8-16)24(28)11-12-24;1-14-20-17-7-5-6-8-18(17)21(15-9-11-16(24)12-10-15)25-19(13-23(2,3)4)22(20)27-26-14;1-12(27)10-19-22-20(13(2)26-28-22)17-9-8-16(24-3)11-18(17)21(25-19)14-4-6-15(23)7-5-14;1-3-27-21(26)24-20-19-17(12(2)25-28-19)15-6-4-5-7-16(15)18(23-20)13-8-10-14(22)11-9-13;1-10-17-15-8-5-13(20)9-16(15)18(12-3-6-14(21)7-4-12)22-11(2)19(17)24-23-10/h3-10,20,28H,11-13H2,1-2H3;5-12,19H,13H2,1-4H3;4-9,11,19H,10H2,1-2H3;4-11,20H,3H2,1-2H3,(H,24,26);3-9,11H,1-2H3/t20-;2*19-;;11-/m000.0/s1. The molecule has 1 unspecified atom stereocenters. The van der Waals surface area contributed by atoms with E-state index in [2.05, 4.69) is 81.0 Å². The Hall–Kier alpha value is -14.3. The Bertz CT molecular complexity index is 7330. The third kappa shape index (κ3) is 19.7. The second kappa shape index (κ2) is 39.4. The lowest BCUT2D eigenvalue weighted by atomic mass is 9.86. The molecule has 5 atom stereocenters. The number of aryl methyl sites for hydroxylation is 5. The van der Waals surface area contributed by atoms with Crippen molar-refractivity contribution in [3.8, 4) is 55.6 Å². The van der Waals surface area contributed by atoms with E-state index in [9.17, 15) is 23.9 Å². The Balaban J connectivity index is 0.000000118. The fourth-order valence-corrected chi connectivity index (χ4v) is 18.2. The zero-order valence-electron chi connectivity index (χ0n) is 76.5. The summed E-state index contributed by atoms with van der Waals surface area (Å²) in [5, 5.41) is 36.5. The van der Waals surface area contributed by atoms with Gasteiger partial charge in [0.05, 0.1) is 104 Å². The van der Waals surface area contributed by atoms with E-state index >= 15 is 0 Å². The molecule has 0 bridgehead atoms. The van der Waals surface area contributed by atoms with Crippen LogP contribution >= 0.6 is 46.4 Å². The number of fused-ring (bicyclic) bond motifs is 15. The summed E-state index contributed by atoms with van der Waals surface area (Å²) in [5.41, 5.74) is 27.7. The average Bonchev–Trinajstić information content (AvgIpc) is 1.63. The molecule has 10 aromatic carbocycles. The molecule has 0 spiro atoms. The zero-order valence-corrected chi connectivity index (χ0v) is 79.5. The van der Waals surface area contributed by atoms with Gasteiger partial charge in [0, 0.05) is 83.0 Å². The molecule has 1 fully saturated rings. The van der Waals surface area contributed by atoms with Crippen molar-refractivity contribution in [2.45, 2.75) is 151 Å². The molecule has 0 saturated heterocycles. The van der Waals surface area contributed by atoms with E-state index in [-0.39, 0.29) is 54.3 Å². The molecule has 684 valence electrons. The molecule has 21 rings (SSSR count). The molecule has 27 heteroatoms. The molecule has 10 heterocycles. The molecule has 1 aliphatic carbocycles. The number of Topliss-reactive ketones (excluding diaryl/α,β-unsaturated/α-hetero) is 2. The summed E-state index contributed by atoms with van der Waals surface area (Å²) in [7, 11) is 0. The maximum absolute atomic E-state index is 13.3. The van der Waals surface area contributed by atoms with Crippen LogP contribution in [0.3, 0.4) is 0 Å². The molecule has 6 aliphatic rings. The molecule has 1 saturated carbocycles. The number of aromatic nitrogens is 5. The number of ether oxygens (including phenoxy) is 1. The highest BCUT2D eigenvalue weighted by Gasteiger charge is 2.43. The summed E-state index contributed by atoms with van der Waals surface area (Å²) in [5.74, 6) is 3.07. The fraction of sp³-hybridized carbons (Fsp3) is 0.229. The Morgan fingerprint density at radius 1 is 0.434 bits per heavy atom. The van der Waals surface area contributed by atoms with E-state index in [0.717, 1.165) is 204 Å². The highest BCUT2D eigenvalue weighted by molar-refractivity contribution is 6.33. The molecule has 136 heavy (non-hydrogen) atoms. The van der Waals surface area contributed by atoms with Gasteiger partial charge in [0.25, 0.3) is 0 Å². The first kappa shape index (κ1) is 93.6. The third-order valence-electron chi connectivity index (χ3n) is 24.1. The van der Waals surface area contributed by atoms with Gasteiger partial charge in [-0.1, -0.05) is 245 Å². The van der Waals surface area contributed by atoms with Crippen LogP contribution in [0.25, 0.3) is 60.5 Å². The van der Waals surface area contributed by atoms with Crippen LogP contribution < -0.4 is 5.32 Å². The van der Waals surface area contributed by atoms with Crippen molar-refractivity contribution in [2.24, 2.45) is 30.4 Å². The number of amides is 1. The molecular weight excluding hydrogens is 1800 g/mol. The van der Waals surface area contributed by atoms with Crippen molar-refractivity contribution in [3.63, 3.8) is 0 Å². The lowest BCUT2D eigenvalue weighted by Gasteiger charge is -2.22. The van der Waals surface area contributed by atoms with Gasteiger partial charge in [-0.05, 0) is 205 Å². The van der Waals surface area contributed by atoms with Crippen LogP contribution in [0.5, 0.6) is 0 Å². The third-order valence-corrected chi connectivity index (χ3v) is 25.1. The van der Waals surface area contributed by atoms with E-state index in [0.29, 0.717) is 43.7 Å². The first-order valence-electron chi connectivity index (χ1n) is 44.5. The number of halogens is 5. The quantitative estimate of drug-likeness (QED) is 0.101. The van der Waals surface area contributed by atoms with Gasteiger partial charge in [0.2, 0.25) is 0 Å². The number of aliphatic imine (C=N–C) groups is 5. The van der Waals surface area contributed by atoms with Crippen molar-refractivity contribution in [2.75, 3.05) is 6.61 Å². The van der Waals surface area contributed by atoms with Crippen LogP contribution in [0.15, 0.2) is 278 Å². The van der Waals surface area contributed by atoms with E-state index in [1.165, 1.54) is 19.1 Å². The number of nitrogens with one attached hydrogen (secondary N) is 1. The Kier molecular flexibility index (Phi) is 27.1. The van der Waals surface area contributed by atoms with E-state index in [1.807, 2.05) is 205 Å². The maximum atomic E-state index is 13.3. The lowest BCUT2D eigenvalue weighted by Crippen LogP contribution is -2.28. The molecule has 22 nitrogen and oxygen atoms in total. The number of carbonyl (C=O) groups is 3. The van der Waals surface area contributed by atoms with Crippen molar-refractivity contribution in [3.05, 3.63) is 386 Å². The zero-order chi connectivity index (χ0) is 95.7. The highest BCUT2D eigenvalue weighted by atomic mass is 35.5. The van der Waals surface area contributed by atoms with Crippen LogP contribution in [-0.4, -0.2) is 83.7 Å². The van der Waals surface area contributed by atoms with Crippen LogP contribution in [0.2, 0.25) is 20.1 Å². The van der Waals surface area contributed by atoms with E-state index in [1.54, 1.807) is 44.2 Å². The summed E-state index contributed by atoms with van der Waals surface area (Å²) < 4.78 is 46.5. The number of aliphatic hydroxyl groups is 1. The van der Waals surface area contributed by atoms with Gasteiger partial charge in [0.15, 0.2) is 40.7 Å². The summed E-state index contributed by atoms with van der Waals surface area (Å²) in [6.07, 6.45) is 1.62. The lowest BCUT2D eigenvalue weighted by molar-refractivity contribution is -0.118. The topological polar surface area (TPSA) is 289 Å². The monoisotopic (exact) mass is 1890 g/mol. The van der Waals surface area contributed by atoms with Crippen LogP contribution in [0.1, 0.15) is 229 Å². The van der Waals surface area contributed by atoms with Crippen LogP contribution in [0, 0.1) is 52.4 Å². The predicted octanol–water partition coefficient (Wildman–Crippen LogP) is 27.1. The molecule has 2 N–H and O–H groups in total. The number of ketones is 2. The first-order valence-corrected chi connectivity index (χ1v) is 46.0. The minimum Gasteiger partial charge on any atom is -0.450 e. The van der Waals surface area contributed by atoms with Gasteiger partial charge in [-0.25, -0.2) is 14.0 Å². The van der Waals surface area contributed by atoms with E-state index < -0.39 is 29.9 Å². The normalized spacial score (nSPS) is 16.4. The second-order valence-corrected chi connectivity index (χ2v) is 37.0. The Labute approximate surface area is 805 Å². The number of carbonyl (C=O) groups excluding carboxylic acids is 3. The van der Waals surface area contributed by atoms with Crippen LogP contribution in [-0.2, 0) is 19.9 Å². The molecular formula is C109H93Cl4FN12O10. The summed E-state index contributed by atoms with van der Waals surface area (Å²) in [6, 6.07) is 71.3. The van der Waals surface area contributed by atoms with Gasteiger partial charge in [0.1, 0.15) is 41.6 Å². The van der Waals surface area contributed by atoms with Crippen molar-refractivity contribution in [1.29, 1.82) is 0 Å². The Morgan fingerprint density at radius 2 is 0.765 bits per heavy atom. The van der Waals surface area contributed by atoms with Crippen molar-refractivity contribution in [1.82, 2.24) is 31.1 Å². The maximum Gasteiger partial charge on any atom is 0.409 e. The number of rotatable bonds is 13. The van der Waals surface area contributed by atoms with Gasteiger partial charge in [-0.2, -0.15) is 0 Å². The molecule has 5 aromatic heterocycles. The van der Waals surface area contributed by atoms with E-state index in [4.69, 9.17) is 105 Å². The van der Waals surface area contributed by atoms with Crippen molar-refractivity contribution < 1.29 is 51.2 Å². The number of hydrogen-bond acceptors (Lipinski definition) is 20. The molecule has 15 aromatic rings. The van der Waals surface area contributed by atoms with Crippen LogP contribution in [0.4, 0.5) is 14.9 Å². The Morgan fingerprint density at radius 3 is 1.18 bits per heavy atom. The van der Waals surface area contributed by atoms with Crippen molar-refractivity contribution >= 4 is 98.3 Å². The number of nitrogens with zero attached hydrogens (tertiary/aromatic N) is 11. The number of hydrogen-bond donors (Lipinski definition) is 2. The summed E-state index contributed by atoms with van der Waals surface area (Å²) >= 11 is 24.5.